The number of anilines is 1. The van der Waals surface area contributed by atoms with Gasteiger partial charge in [-0.15, -0.1) is 11.3 Å². The lowest BCUT2D eigenvalue weighted by Gasteiger charge is -1.98. The van der Waals surface area contributed by atoms with Crippen LogP contribution in [0.1, 0.15) is 5.56 Å². The van der Waals surface area contributed by atoms with Crippen LogP contribution in [0.15, 0.2) is 40.1 Å². The number of imidazole rings is 1. The third-order valence-corrected chi connectivity index (χ3v) is 5.29. The lowest BCUT2D eigenvalue weighted by Crippen LogP contribution is -1.85. The van der Waals surface area contributed by atoms with Crippen molar-refractivity contribution in [1.82, 2.24) is 19.9 Å². The Balaban J connectivity index is 1.79. The summed E-state index contributed by atoms with van der Waals surface area (Å²) in [4.78, 5) is 16.5. The number of hydrogen-bond acceptors (Lipinski definition) is 6. The predicted octanol–water partition coefficient (Wildman–Crippen LogP) is 3.61. The van der Waals surface area contributed by atoms with E-state index in [9.17, 15) is 0 Å². The third-order valence-electron chi connectivity index (χ3n) is 3.18. The molecule has 5 nitrogen and oxygen atoms in total. The van der Waals surface area contributed by atoms with Gasteiger partial charge in [0.2, 0.25) is 0 Å². The van der Waals surface area contributed by atoms with Gasteiger partial charge in [-0.05, 0) is 47.8 Å². The van der Waals surface area contributed by atoms with Crippen LogP contribution in [0.3, 0.4) is 0 Å². The number of thiophene rings is 1. The van der Waals surface area contributed by atoms with E-state index in [4.69, 9.17) is 5.73 Å². The van der Waals surface area contributed by atoms with Gasteiger partial charge in [-0.2, -0.15) is 0 Å². The molecule has 4 rings (SSSR count). The predicted molar refractivity (Wildman–Crippen MR) is 86.8 cm³/mol. The van der Waals surface area contributed by atoms with Crippen molar-refractivity contribution in [1.29, 1.82) is 0 Å². The second-order valence-electron chi connectivity index (χ2n) is 4.70. The summed E-state index contributed by atoms with van der Waals surface area (Å²) < 4.78 is 1.10. The summed E-state index contributed by atoms with van der Waals surface area (Å²) >= 11 is 3.18. The fraction of sp³-hybridized carbons (Fsp3) is 0.0714. The van der Waals surface area contributed by atoms with Gasteiger partial charge in [0.25, 0.3) is 0 Å². The monoisotopic (exact) mass is 313 g/mol. The van der Waals surface area contributed by atoms with E-state index < -0.39 is 0 Å². The molecule has 0 saturated heterocycles. The topological polar surface area (TPSA) is 80.5 Å². The van der Waals surface area contributed by atoms with Crippen LogP contribution in [-0.4, -0.2) is 19.9 Å². The zero-order chi connectivity index (χ0) is 14.4. The first kappa shape index (κ1) is 12.6. The molecule has 1 aromatic carbocycles. The molecule has 104 valence electrons. The van der Waals surface area contributed by atoms with Crippen LogP contribution in [0.5, 0.6) is 0 Å². The normalized spacial score (nSPS) is 11.5. The molecular weight excluding hydrogens is 302 g/mol. The summed E-state index contributed by atoms with van der Waals surface area (Å²) in [6.07, 6.45) is 1.60. The molecule has 0 fully saturated rings. The van der Waals surface area contributed by atoms with Crippen LogP contribution in [0.2, 0.25) is 0 Å². The molecule has 0 atom stereocenters. The largest absolute Gasteiger partial charge is 0.399 e. The van der Waals surface area contributed by atoms with Crippen LogP contribution >= 0.6 is 23.1 Å². The smallest absolute Gasteiger partial charge is 0.172 e. The zero-order valence-electron chi connectivity index (χ0n) is 11.1. The molecule has 0 unspecified atom stereocenters. The highest BCUT2D eigenvalue weighted by molar-refractivity contribution is 7.99. The number of aromatic amines is 1. The summed E-state index contributed by atoms with van der Waals surface area (Å²) in [7, 11) is 0. The number of nitrogen functional groups attached to an aromatic ring is 1. The second kappa shape index (κ2) is 4.71. The lowest BCUT2D eigenvalue weighted by molar-refractivity contribution is 1.05. The Bertz CT molecular complexity index is 956. The van der Waals surface area contributed by atoms with E-state index >= 15 is 0 Å². The van der Waals surface area contributed by atoms with Crippen molar-refractivity contribution in [2.24, 2.45) is 0 Å². The van der Waals surface area contributed by atoms with E-state index in [1.807, 2.05) is 18.2 Å². The van der Waals surface area contributed by atoms with Crippen LogP contribution in [-0.2, 0) is 0 Å². The third kappa shape index (κ3) is 2.14. The van der Waals surface area contributed by atoms with Gasteiger partial charge in [0.05, 0.1) is 21.3 Å². The maximum Gasteiger partial charge on any atom is 0.172 e. The molecule has 0 aliphatic rings. The first-order valence-corrected chi connectivity index (χ1v) is 8.02. The van der Waals surface area contributed by atoms with Gasteiger partial charge in [0.1, 0.15) is 11.4 Å². The summed E-state index contributed by atoms with van der Waals surface area (Å²) in [6.45, 7) is 2.06. The van der Waals surface area contributed by atoms with Crippen LogP contribution in [0.25, 0.3) is 21.3 Å². The van der Waals surface area contributed by atoms with Crippen molar-refractivity contribution in [2.75, 3.05) is 5.73 Å². The number of H-pyrrole nitrogens is 1. The highest BCUT2D eigenvalue weighted by Crippen LogP contribution is 2.34. The first-order valence-electron chi connectivity index (χ1n) is 6.32. The molecule has 0 saturated carbocycles. The first-order chi connectivity index (χ1) is 10.2. The molecule has 0 radical (unpaired) electrons. The maximum absolute atomic E-state index is 5.79. The molecule has 0 bridgehead atoms. The average Bonchev–Trinajstić information content (AvgIpc) is 3.03. The number of aromatic nitrogens is 4. The number of rotatable bonds is 2. The van der Waals surface area contributed by atoms with E-state index in [0.717, 1.165) is 37.1 Å². The van der Waals surface area contributed by atoms with E-state index in [-0.39, 0.29) is 0 Å². The Morgan fingerprint density at radius 3 is 3.10 bits per heavy atom. The minimum absolute atomic E-state index is 0.723. The molecule has 0 amide bonds. The van der Waals surface area contributed by atoms with E-state index in [0.29, 0.717) is 0 Å². The van der Waals surface area contributed by atoms with Crippen LogP contribution in [0, 0.1) is 6.92 Å². The molecule has 0 spiro atoms. The van der Waals surface area contributed by atoms with Crippen molar-refractivity contribution in [3.05, 3.63) is 35.5 Å². The zero-order valence-corrected chi connectivity index (χ0v) is 12.8. The lowest BCUT2D eigenvalue weighted by atomic mass is 10.3. The van der Waals surface area contributed by atoms with Gasteiger partial charge in [0.15, 0.2) is 5.16 Å². The fourth-order valence-corrected chi connectivity index (χ4v) is 4.10. The van der Waals surface area contributed by atoms with Gasteiger partial charge in [-0.3, -0.25) is 0 Å². The highest BCUT2D eigenvalue weighted by atomic mass is 32.2. The van der Waals surface area contributed by atoms with Crippen molar-refractivity contribution in [3.63, 3.8) is 0 Å². The molecule has 0 aliphatic carbocycles. The molecule has 7 heteroatoms. The Morgan fingerprint density at radius 2 is 2.19 bits per heavy atom. The molecule has 4 aromatic rings. The number of nitrogens with one attached hydrogen (secondary N) is 1. The summed E-state index contributed by atoms with van der Waals surface area (Å²) in [5, 5.41) is 3.83. The minimum Gasteiger partial charge on any atom is -0.399 e. The number of aryl methyl sites for hydroxylation is 1. The van der Waals surface area contributed by atoms with Crippen molar-refractivity contribution in [3.8, 4) is 0 Å². The molecular formula is C14H11N5S2. The van der Waals surface area contributed by atoms with Crippen LogP contribution < -0.4 is 5.73 Å². The van der Waals surface area contributed by atoms with Gasteiger partial charge < -0.3 is 10.7 Å². The molecule has 21 heavy (non-hydrogen) atoms. The Hall–Kier alpha value is -2.12. The van der Waals surface area contributed by atoms with Crippen molar-refractivity contribution in [2.45, 2.75) is 17.1 Å². The molecule has 3 aromatic heterocycles. The van der Waals surface area contributed by atoms with Crippen LogP contribution in [0.4, 0.5) is 5.69 Å². The Kier molecular flexibility index (Phi) is 2.83. The SMILES string of the molecule is Cc1csc2c(Sc3nc4ccc(N)cc4[nH]3)ncnc12. The number of hydrogen-bond donors (Lipinski definition) is 2. The molecule has 3 heterocycles. The van der Waals surface area contributed by atoms with Crippen molar-refractivity contribution >= 4 is 50.0 Å². The van der Waals surface area contributed by atoms with Gasteiger partial charge in [-0.1, -0.05) is 0 Å². The van der Waals surface area contributed by atoms with Gasteiger partial charge >= 0.3 is 0 Å². The number of nitrogens with two attached hydrogens (primary N) is 1. The second-order valence-corrected chi connectivity index (χ2v) is 6.55. The van der Waals surface area contributed by atoms with Gasteiger partial charge in [0, 0.05) is 5.69 Å². The number of fused-ring (bicyclic) bond motifs is 2. The standard InChI is InChI=1S/C14H11N5S2/c1-7-5-20-12-11(7)16-6-17-13(12)21-14-18-9-3-2-8(15)4-10(9)19-14/h2-6H,15H2,1H3,(H,18,19). The number of benzene rings is 1. The fourth-order valence-electron chi connectivity index (χ4n) is 2.16. The minimum atomic E-state index is 0.723. The maximum atomic E-state index is 5.79. The van der Waals surface area contributed by atoms with E-state index in [1.54, 1.807) is 17.7 Å². The molecule has 0 aliphatic heterocycles. The Morgan fingerprint density at radius 1 is 1.29 bits per heavy atom. The van der Waals surface area contributed by atoms with Crippen molar-refractivity contribution < 1.29 is 0 Å². The summed E-state index contributed by atoms with van der Waals surface area (Å²) in [5.74, 6) is 0. The van der Waals surface area contributed by atoms with Gasteiger partial charge in [-0.25, -0.2) is 15.0 Å². The highest BCUT2D eigenvalue weighted by Gasteiger charge is 2.12. The quantitative estimate of drug-likeness (QED) is 0.436. The summed E-state index contributed by atoms with van der Waals surface area (Å²) in [5.41, 5.74) is 10.5. The molecule has 3 N–H and O–H groups in total. The van der Waals surface area contributed by atoms with E-state index in [2.05, 4.69) is 32.2 Å². The average molecular weight is 313 g/mol. The number of nitrogens with zero attached hydrogens (tertiary/aromatic N) is 3. The summed E-state index contributed by atoms with van der Waals surface area (Å²) in [6, 6.07) is 5.65. The Labute approximate surface area is 128 Å². The van der Waals surface area contributed by atoms with E-state index in [1.165, 1.54) is 17.3 Å².